The lowest BCUT2D eigenvalue weighted by Gasteiger charge is -2.36. The summed E-state index contributed by atoms with van der Waals surface area (Å²) in [6, 6.07) is 16.7. The van der Waals surface area contributed by atoms with Crippen LogP contribution in [0.3, 0.4) is 0 Å². The smallest absolute Gasteiger partial charge is 0.128 e. The van der Waals surface area contributed by atoms with Crippen molar-refractivity contribution in [3.8, 4) is 6.07 Å². The second-order valence-corrected chi connectivity index (χ2v) is 7.13. The third-order valence-corrected chi connectivity index (χ3v) is 5.19. The number of aromatic nitrogens is 1. The lowest BCUT2D eigenvalue weighted by Crippen LogP contribution is -2.46. The number of piperazine rings is 1. The Hall–Kier alpha value is -3.66. The van der Waals surface area contributed by atoms with Crippen molar-refractivity contribution in [3.63, 3.8) is 0 Å². The average molecular weight is 405 g/mol. The molecule has 0 saturated carbocycles. The molecule has 0 unspecified atom stereocenters. The van der Waals surface area contributed by atoms with E-state index in [0.29, 0.717) is 12.2 Å². The zero-order valence-corrected chi connectivity index (χ0v) is 16.4. The molecule has 152 valence electrons. The Bertz CT molecular complexity index is 1050. The summed E-state index contributed by atoms with van der Waals surface area (Å²) in [6.07, 6.45) is 1.77. The van der Waals surface area contributed by atoms with Crippen molar-refractivity contribution < 1.29 is 8.78 Å². The largest absolute Gasteiger partial charge is 0.380 e. The quantitative estimate of drug-likeness (QED) is 0.691. The van der Waals surface area contributed by atoms with Gasteiger partial charge in [-0.1, -0.05) is 0 Å². The van der Waals surface area contributed by atoms with Crippen LogP contribution in [-0.2, 0) is 6.54 Å². The molecule has 1 aliphatic heterocycles. The van der Waals surface area contributed by atoms with Crippen LogP contribution >= 0.6 is 0 Å². The molecule has 1 N–H and O–H groups in total. The molecule has 7 heteroatoms. The van der Waals surface area contributed by atoms with Crippen molar-refractivity contribution in [2.45, 2.75) is 6.54 Å². The normalized spacial score (nSPS) is 13.8. The van der Waals surface area contributed by atoms with Crippen molar-refractivity contribution in [3.05, 3.63) is 83.6 Å². The maximum absolute atomic E-state index is 13.3. The first-order valence-electron chi connectivity index (χ1n) is 9.76. The number of nitrogens with zero attached hydrogens (tertiary/aromatic N) is 4. The number of pyridine rings is 1. The molecule has 1 aliphatic rings. The molecule has 5 nitrogen and oxygen atoms in total. The Balaban J connectivity index is 1.38. The first kappa shape index (κ1) is 19.6. The molecule has 0 amide bonds. The van der Waals surface area contributed by atoms with E-state index < -0.39 is 5.82 Å². The maximum Gasteiger partial charge on any atom is 0.128 e. The van der Waals surface area contributed by atoms with Gasteiger partial charge in [-0.15, -0.1) is 0 Å². The summed E-state index contributed by atoms with van der Waals surface area (Å²) in [6.45, 7) is 3.80. The predicted molar refractivity (Wildman–Crippen MR) is 114 cm³/mol. The van der Waals surface area contributed by atoms with E-state index in [1.54, 1.807) is 24.4 Å². The van der Waals surface area contributed by atoms with Crippen LogP contribution in [0.4, 0.5) is 26.0 Å². The van der Waals surface area contributed by atoms with E-state index in [1.165, 1.54) is 24.3 Å². The van der Waals surface area contributed by atoms with Gasteiger partial charge in [0.1, 0.15) is 23.5 Å². The average Bonchev–Trinajstić information content (AvgIpc) is 2.79. The molecule has 30 heavy (non-hydrogen) atoms. The summed E-state index contributed by atoms with van der Waals surface area (Å²) in [4.78, 5) is 8.96. The molecule has 3 aromatic rings. The highest BCUT2D eigenvalue weighted by Crippen LogP contribution is 2.21. The van der Waals surface area contributed by atoms with Crippen LogP contribution in [0.1, 0.15) is 11.1 Å². The number of nitriles is 1. The van der Waals surface area contributed by atoms with Crippen LogP contribution in [0.5, 0.6) is 0 Å². The number of rotatable bonds is 5. The van der Waals surface area contributed by atoms with Gasteiger partial charge in [0.25, 0.3) is 0 Å². The summed E-state index contributed by atoms with van der Waals surface area (Å²) in [5, 5.41) is 12.4. The standard InChI is InChI=1S/C23H21F2N5/c24-19-1-4-21(5-2-19)29-9-11-30(12-10-29)23-13-17(7-8-27-23)16-28-22-6-3-20(25)14-18(22)15-26/h1-8,13-14,28H,9-12,16H2. The van der Waals surface area contributed by atoms with E-state index >= 15 is 0 Å². The molecule has 4 rings (SSSR count). The summed E-state index contributed by atoms with van der Waals surface area (Å²) in [5.41, 5.74) is 2.93. The van der Waals surface area contributed by atoms with E-state index in [1.807, 2.05) is 18.2 Å². The topological polar surface area (TPSA) is 55.2 Å². The monoisotopic (exact) mass is 405 g/mol. The fraction of sp³-hybridized carbons (Fsp3) is 0.217. The molecule has 0 bridgehead atoms. The Morgan fingerprint density at radius 3 is 2.33 bits per heavy atom. The number of benzene rings is 2. The van der Waals surface area contributed by atoms with Crippen LogP contribution in [0.25, 0.3) is 0 Å². The van der Waals surface area contributed by atoms with Gasteiger partial charge >= 0.3 is 0 Å². The zero-order valence-electron chi connectivity index (χ0n) is 16.4. The van der Waals surface area contributed by atoms with Gasteiger partial charge in [0.2, 0.25) is 0 Å². The minimum Gasteiger partial charge on any atom is -0.380 e. The molecule has 0 spiro atoms. The van der Waals surface area contributed by atoms with Crippen molar-refractivity contribution in [2.24, 2.45) is 0 Å². The second-order valence-electron chi connectivity index (χ2n) is 7.13. The third kappa shape index (κ3) is 4.49. The van der Waals surface area contributed by atoms with Crippen molar-refractivity contribution in [1.82, 2.24) is 4.98 Å². The molecule has 2 aromatic carbocycles. The van der Waals surface area contributed by atoms with Gasteiger partial charge in [0, 0.05) is 44.6 Å². The molecule has 0 atom stereocenters. The lowest BCUT2D eigenvalue weighted by molar-refractivity contribution is 0.624. The van der Waals surface area contributed by atoms with Gasteiger partial charge in [-0.25, -0.2) is 13.8 Å². The van der Waals surface area contributed by atoms with E-state index in [2.05, 4.69) is 20.1 Å². The summed E-state index contributed by atoms with van der Waals surface area (Å²) in [5.74, 6) is 0.241. The molecule has 1 fully saturated rings. The SMILES string of the molecule is N#Cc1cc(F)ccc1NCc1ccnc(N2CCN(c3ccc(F)cc3)CC2)c1. The summed E-state index contributed by atoms with van der Waals surface area (Å²) < 4.78 is 26.4. The molecule has 0 radical (unpaired) electrons. The number of nitrogens with one attached hydrogen (secondary N) is 1. The van der Waals surface area contributed by atoms with E-state index in [9.17, 15) is 14.0 Å². The molecule has 0 aliphatic carbocycles. The van der Waals surface area contributed by atoms with Crippen molar-refractivity contribution in [1.29, 1.82) is 5.26 Å². The Morgan fingerprint density at radius 2 is 1.60 bits per heavy atom. The number of hydrogen-bond donors (Lipinski definition) is 1. The first-order chi connectivity index (χ1) is 14.6. The molecular weight excluding hydrogens is 384 g/mol. The van der Waals surface area contributed by atoms with Gasteiger partial charge in [-0.2, -0.15) is 5.26 Å². The predicted octanol–water partition coefficient (Wildman–Crippen LogP) is 4.17. The molecular formula is C23H21F2N5. The van der Waals surface area contributed by atoms with Crippen molar-refractivity contribution >= 4 is 17.2 Å². The number of hydrogen-bond acceptors (Lipinski definition) is 5. The molecule has 1 aromatic heterocycles. The van der Waals surface area contributed by atoms with E-state index in [-0.39, 0.29) is 11.4 Å². The fourth-order valence-electron chi connectivity index (χ4n) is 3.55. The minimum atomic E-state index is -0.428. The van der Waals surface area contributed by atoms with Gasteiger partial charge in [0.05, 0.1) is 11.3 Å². The van der Waals surface area contributed by atoms with Crippen molar-refractivity contribution in [2.75, 3.05) is 41.3 Å². The molecule has 1 saturated heterocycles. The minimum absolute atomic E-state index is 0.227. The number of anilines is 3. The third-order valence-electron chi connectivity index (χ3n) is 5.19. The van der Waals surface area contributed by atoms with E-state index in [4.69, 9.17) is 0 Å². The van der Waals surface area contributed by atoms with Gasteiger partial charge in [0.15, 0.2) is 0 Å². The Kier molecular flexibility index (Phi) is 5.75. The van der Waals surface area contributed by atoms with Crippen LogP contribution < -0.4 is 15.1 Å². The second kappa shape index (κ2) is 8.78. The summed E-state index contributed by atoms with van der Waals surface area (Å²) in [7, 11) is 0. The van der Waals surface area contributed by atoms with Crippen LogP contribution in [0.15, 0.2) is 60.8 Å². The highest BCUT2D eigenvalue weighted by molar-refractivity contribution is 5.58. The highest BCUT2D eigenvalue weighted by Gasteiger charge is 2.18. The zero-order chi connectivity index (χ0) is 20.9. The lowest BCUT2D eigenvalue weighted by atomic mass is 10.1. The number of halogens is 2. The van der Waals surface area contributed by atoms with Gasteiger partial charge in [-0.05, 0) is 60.2 Å². The van der Waals surface area contributed by atoms with Crippen LogP contribution in [-0.4, -0.2) is 31.2 Å². The van der Waals surface area contributed by atoms with Crippen LogP contribution in [0, 0.1) is 23.0 Å². The Morgan fingerprint density at radius 1 is 0.900 bits per heavy atom. The van der Waals surface area contributed by atoms with Gasteiger partial charge < -0.3 is 15.1 Å². The first-order valence-corrected chi connectivity index (χ1v) is 9.76. The van der Waals surface area contributed by atoms with Gasteiger partial charge in [-0.3, -0.25) is 0 Å². The summed E-state index contributed by atoms with van der Waals surface area (Å²) >= 11 is 0. The fourth-order valence-corrected chi connectivity index (χ4v) is 3.55. The highest BCUT2D eigenvalue weighted by atomic mass is 19.1. The Labute approximate surface area is 174 Å². The van der Waals surface area contributed by atoms with Crippen LogP contribution in [0.2, 0.25) is 0 Å². The maximum atomic E-state index is 13.3. The van der Waals surface area contributed by atoms with E-state index in [0.717, 1.165) is 43.2 Å². The molecule has 2 heterocycles.